The Morgan fingerprint density at radius 2 is 2.11 bits per heavy atom. The number of nitrogens with zero attached hydrogens (tertiary/aromatic N) is 4. The highest BCUT2D eigenvalue weighted by Crippen LogP contribution is 2.31. The lowest BCUT2D eigenvalue weighted by Gasteiger charge is -2.41. The molecule has 2 amide bonds. The molecule has 1 fully saturated rings. The second kappa shape index (κ2) is 7.75. The van der Waals surface area contributed by atoms with E-state index in [2.05, 4.69) is 16.5 Å². The van der Waals surface area contributed by atoms with Crippen LogP contribution >= 0.6 is 11.6 Å². The Morgan fingerprint density at radius 1 is 1.33 bits per heavy atom. The summed E-state index contributed by atoms with van der Waals surface area (Å²) in [6.07, 6.45) is 2.85. The fourth-order valence-corrected chi connectivity index (χ4v) is 3.42. The van der Waals surface area contributed by atoms with Crippen LogP contribution in [-0.4, -0.2) is 51.2 Å². The first-order chi connectivity index (χ1) is 12.9. The molecule has 1 saturated heterocycles. The van der Waals surface area contributed by atoms with Gasteiger partial charge in [-0.1, -0.05) is 18.2 Å². The molecule has 27 heavy (non-hydrogen) atoms. The zero-order valence-corrected chi connectivity index (χ0v) is 15.7. The van der Waals surface area contributed by atoms with Crippen molar-refractivity contribution < 1.29 is 9.59 Å². The molecule has 0 unspecified atom stereocenters. The topological polar surface area (TPSA) is 92.4 Å². The molecular formula is C19H20ClN5O2. The first-order valence-electron chi connectivity index (χ1n) is 8.47. The molecule has 140 valence electrons. The summed E-state index contributed by atoms with van der Waals surface area (Å²) >= 11 is 6.33. The van der Waals surface area contributed by atoms with E-state index in [1.807, 2.05) is 6.07 Å². The van der Waals surface area contributed by atoms with Crippen molar-refractivity contribution in [3.05, 3.63) is 53.7 Å². The Bertz CT molecular complexity index is 901. The van der Waals surface area contributed by atoms with E-state index >= 15 is 0 Å². The highest BCUT2D eigenvalue weighted by Gasteiger charge is 2.32. The normalized spacial score (nSPS) is 16.9. The van der Waals surface area contributed by atoms with Crippen LogP contribution in [0.3, 0.4) is 0 Å². The van der Waals surface area contributed by atoms with Crippen LogP contribution in [0.5, 0.6) is 0 Å². The minimum atomic E-state index is -0.341. The molecule has 7 nitrogen and oxygen atoms in total. The number of piperazine rings is 1. The number of carbonyl (C=O) groups excluding carboxylic acids is 2. The molecule has 1 aromatic heterocycles. The smallest absolute Gasteiger partial charge is 0.246 e. The van der Waals surface area contributed by atoms with E-state index in [-0.39, 0.29) is 17.9 Å². The summed E-state index contributed by atoms with van der Waals surface area (Å²) in [6, 6.07) is 6.66. The van der Waals surface area contributed by atoms with Crippen LogP contribution in [0, 0.1) is 0 Å². The van der Waals surface area contributed by atoms with Crippen molar-refractivity contribution in [1.82, 2.24) is 19.8 Å². The average molecular weight is 386 g/mol. The number of halogens is 1. The molecule has 8 heteroatoms. The van der Waals surface area contributed by atoms with Gasteiger partial charge in [0.05, 0.1) is 6.04 Å². The minimum Gasteiger partial charge on any atom is -0.384 e. The number of rotatable bonds is 3. The van der Waals surface area contributed by atoms with Crippen LogP contribution < -0.4 is 5.73 Å². The summed E-state index contributed by atoms with van der Waals surface area (Å²) in [7, 11) is 0. The van der Waals surface area contributed by atoms with Crippen LogP contribution in [0.1, 0.15) is 18.5 Å². The number of hydrogen-bond donors (Lipinski definition) is 1. The molecule has 1 atom stereocenters. The van der Waals surface area contributed by atoms with Gasteiger partial charge in [-0.25, -0.2) is 9.97 Å². The minimum absolute atomic E-state index is 0.0351. The van der Waals surface area contributed by atoms with Crippen molar-refractivity contribution in [3.8, 4) is 11.4 Å². The molecule has 0 bridgehead atoms. The molecule has 1 aromatic carbocycles. The van der Waals surface area contributed by atoms with E-state index in [1.54, 1.807) is 34.2 Å². The average Bonchev–Trinajstić information content (AvgIpc) is 2.66. The fourth-order valence-electron chi connectivity index (χ4n) is 3.18. The zero-order chi connectivity index (χ0) is 19.6. The second-order valence-corrected chi connectivity index (χ2v) is 6.73. The molecule has 2 heterocycles. The summed E-state index contributed by atoms with van der Waals surface area (Å²) in [5, 5.41) is 0.486. The van der Waals surface area contributed by atoms with E-state index in [0.717, 1.165) is 5.56 Å². The van der Waals surface area contributed by atoms with Crippen molar-refractivity contribution in [3.63, 3.8) is 0 Å². The number of benzene rings is 1. The van der Waals surface area contributed by atoms with Gasteiger partial charge in [-0.2, -0.15) is 0 Å². The third-order valence-corrected chi connectivity index (χ3v) is 4.74. The molecular weight excluding hydrogens is 366 g/mol. The predicted octanol–water partition coefficient (Wildman–Crippen LogP) is 2.30. The molecule has 0 saturated carbocycles. The lowest BCUT2D eigenvalue weighted by atomic mass is 9.99. The Morgan fingerprint density at radius 3 is 2.78 bits per heavy atom. The van der Waals surface area contributed by atoms with Gasteiger partial charge >= 0.3 is 0 Å². The lowest BCUT2D eigenvalue weighted by molar-refractivity contribution is -0.139. The first-order valence-corrected chi connectivity index (χ1v) is 8.84. The van der Waals surface area contributed by atoms with Crippen LogP contribution in [-0.2, 0) is 9.59 Å². The standard InChI is InChI=1S/C19H20ClN5O2/c1-3-18(27)25-7-6-24(12(2)26)11-16(25)13-8-14(10-15(20)9-13)19-22-5-4-17(21)23-19/h3-5,8-10,16H,1,6-7,11H2,2H3,(H2,21,22,23)/t16-/m0/s1. The number of nitrogen functional groups attached to an aromatic ring is 1. The maximum Gasteiger partial charge on any atom is 0.246 e. The molecule has 3 rings (SSSR count). The van der Waals surface area contributed by atoms with Crippen LogP contribution in [0.25, 0.3) is 11.4 Å². The van der Waals surface area contributed by atoms with Crippen molar-refractivity contribution in [2.24, 2.45) is 0 Å². The van der Waals surface area contributed by atoms with Crippen molar-refractivity contribution in [1.29, 1.82) is 0 Å². The largest absolute Gasteiger partial charge is 0.384 e. The highest BCUT2D eigenvalue weighted by atomic mass is 35.5. The molecule has 2 aromatic rings. The molecule has 1 aliphatic rings. The number of anilines is 1. The van der Waals surface area contributed by atoms with Crippen molar-refractivity contribution >= 4 is 29.2 Å². The molecule has 1 aliphatic heterocycles. The van der Waals surface area contributed by atoms with Gasteiger partial charge in [-0.15, -0.1) is 0 Å². The Labute approximate surface area is 162 Å². The van der Waals surface area contributed by atoms with E-state index in [1.165, 1.54) is 13.0 Å². The van der Waals surface area contributed by atoms with E-state index < -0.39 is 0 Å². The van der Waals surface area contributed by atoms with Gasteiger partial charge < -0.3 is 15.5 Å². The van der Waals surface area contributed by atoms with Gasteiger partial charge in [0.2, 0.25) is 11.8 Å². The highest BCUT2D eigenvalue weighted by molar-refractivity contribution is 6.31. The summed E-state index contributed by atoms with van der Waals surface area (Å²) in [5.74, 6) is 0.571. The molecule has 0 radical (unpaired) electrons. The second-order valence-electron chi connectivity index (χ2n) is 6.29. The summed E-state index contributed by atoms with van der Waals surface area (Å²) < 4.78 is 0. The summed E-state index contributed by atoms with van der Waals surface area (Å²) in [6.45, 7) is 6.39. The number of hydrogen-bond acceptors (Lipinski definition) is 5. The fraction of sp³-hybridized carbons (Fsp3) is 0.263. The van der Waals surface area contributed by atoms with E-state index in [0.29, 0.717) is 41.9 Å². The van der Waals surface area contributed by atoms with Gasteiger partial charge in [0.15, 0.2) is 5.82 Å². The van der Waals surface area contributed by atoms with E-state index in [9.17, 15) is 9.59 Å². The molecule has 0 spiro atoms. The van der Waals surface area contributed by atoms with Crippen LogP contribution in [0.2, 0.25) is 5.02 Å². The first kappa shape index (κ1) is 18.8. The molecule has 2 N–H and O–H groups in total. The van der Waals surface area contributed by atoms with Gasteiger partial charge in [0.1, 0.15) is 5.82 Å². The van der Waals surface area contributed by atoms with Crippen molar-refractivity contribution in [2.45, 2.75) is 13.0 Å². The number of amides is 2. The number of nitrogens with two attached hydrogens (primary N) is 1. The number of carbonyl (C=O) groups is 2. The zero-order valence-electron chi connectivity index (χ0n) is 14.9. The third kappa shape index (κ3) is 4.09. The third-order valence-electron chi connectivity index (χ3n) is 4.52. The lowest BCUT2D eigenvalue weighted by Crippen LogP contribution is -2.51. The summed E-state index contributed by atoms with van der Waals surface area (Å²) in [4.78, 5) is 36.1. The van der Waals surface area contributed by atoms with Gasteiger partial charge in [-0.05, 0) is 35.9 Å². The van der Waals surface area contributed by atoms with Crippen LogP contribution in [0.15, 0.2) is 43.1 Å². The van der Waals surface area contributed by atoms with Gasteiger partial charge in [-0.3, -0.25) is 9.59 Å². The number of aromatic nitrogens is 2. The monoisotopic (exact) mass is 385 g/mol. The van der Waals surface area contributed by atoms with E-state index in [4.69, 9.17) is 17.3 Å². The maximum absolute atomic E-state index is 12.3. The van der Waals surface area contributed by atoms with Gasteiger partial charge in [0.25, 0.3) is 0 Å². The Kier molecular flexibility index (Phi) is 5.41. The molecule has 0 aliphatic carbocycles. The quantitative estimate of drug-likeness (QED) is 0.818. The maximum atomic E-state index is 12.3. The van der Waals surface area contributed by atoms with Crippen LogP contribution in [0.4, 0.5) is 5.82 Å². The SMILES string of the molecule is C=CC(=O)N1CCN(C(C)=O)C[C@H]1c1cc(Cl)cc(-c2nccc(N)n2)c1. The van der Waals surface area contributed by atoms with Crippen molar-refractivity contribution in [2.75, 3.05) is 25.4 Å². The van der Waals surface area contributed by atoms with Gasteiger partial charge in [0, 0.05) is 43.3 Å². The predicted molar refractivity (Wildman–Crippen MR) is 104 cm³/mol. The Hall–Kier alpha value is -2.93. The Balaban J connectivity index is 2.04. The summed E-state index contributed by atoms with van der Waals surface area (Å²) in [5.41, 5.74) is 7.24.